The Hall–Kier alpha value is -2.30. The topological polar surface area (TPSA) is 79.5 Å². The number of phenolic OH excluding ortho intramolecular Hbond substituents is 1. The van der Waals surface area contributed by atoms with E-state index in [0.717, 1.165) is 0 Å². The molecule has 0 fully saturated rings. The summed E-state index contributed by atoms with van der Waals surface area (Å²) < 4.78 is 4.94. The van der Waals surface area contributed by atoms with Crippen LogP contribution in [0.25, 0.3) is 11.0 Å². The van der Waals surface area contributed by atoms with Gasteiger partial charge in [-0.1, -0.05) is 6.07 Å². The van der Waals surface area contributed by atoms with Gasteiger partial charge in [0.15, 0.2) is 0 Å². The Kier molecular flexibility index (Phi) is 2.36. The van der Waals surface area contributed by atoms with Crippen molar-refractivity contribution in [3.8, 4) is 5.75 Å². The summed E-state index contributed by atoms with van der Waals surface area (Å²) in [5.41, 5.74) is -0.353. The summed E-state index contributed by atoms with van der Waals surface area (Å²) in [6.45, 7) is 1.29. The first-order valence-electron chi connectivity index (χ1n) is 4.61. The standard InChI is InChI=1S/C11H9NO4/c1-6(13)12-8-5-7-9(14)3-2-4-10(7)16-11(8)15/h2-5,14H,1H3,(H,12,13). The van der Waals surface area contributed by atoms with Gasteiger partial charge in [0.2, 0.25) is 5.91 Å². The first-order valence-corrected chi connectivity index (χ1v) is 4.61. The van der Waals surface area contributed by atoms with Crippen LogP contribution in [-0.4, -0.2) is 11.0 Å². The van der Waals surface area contributed by atoms with Crippen LogP contribution in [0.2, 0.25) is 0 Å². The molecule has 0 unspecified atom stereocenters. The van der Waals surface area contributed by atoms with Crippen molar-refractivity contribution in [2.24, 2.45) is 0 Å². The predicted octanol–water partition coefficient (Wildman–Crippen LogP) is 1.46. The number of anilines is 1. The third-order valence-electron chi connectivity index (χ3n) is 2.07. The van der Waals surface area contributed by atoms with Crippen molar-refractivity contribution >= 4 is 22.6 Å². The van der Waals surface area contributed by atoms with Crippen LogP contribution in [-0.2, 0) is 4.79 Å². The maximum absolute atomic E-state index is 11.4. The molecule has 5 heteroatoms. The molecular weight excluding hydrogens is 210 g/mol. The molecule has 82 valence electrons. The van der Waals surface area contributed by atoms with Crippen molar-refractivity contribution in [1.29, 1.82) is 0 Å². The van der Waals surface area contributed by atoms with Crippen LogP contribution < -0.4 is 10.9 Å². The number of aromatic hydroxyl groups is 1. The molecule has 2 aromatic rings. The minimum absolute atomic E-state index is 0.00662. The van der Waals surface area contributed by atoms with Gasteiger partial charge in [0, 0.05) is 6.92 Å². The van der Waals surface area contributed by atoms with E-state index in [9.17, 15) is 14.7 Å². The van der Waals surface area contributed by atoms with Gasteiger partial charge in [0.05, 0.1) is 5.39 Å². The molecule has 5 nitrogen and oxygen atoms in total. The zero-order valence-corrected chi connectivity index (χ0v) is 8.48. The number of carbonyl (C=O) groups is 1. The summed E-state index contributed by atoms with van der Waals surface area (Å²) in [4.78, 5) is 22.2. The molecule has 0 aliphatic rings. The van der Waals surface area contributed by atoms with E-state index in [-0.39, 0.29) is 22.9 Å². The van der Waals surface area contributed by atoms with Gasteiger partial charge in [-0.3, -0.25) is 4.79 Å². The maximum Gasteiger partial charge on any atom is 0.360 e. The van der Waals surface area contributed by atoms with E-state index in [2.05, 4.69) is 5.32 Å². The van der Waals surface area contributed by atoms with Gasteiger partial charge in [-0.15, -0.1) is 0 Å². The van der Waals surface area contributed by atoms with Gasteiger partial charge in [-0.05, 0) is 18.2 Å². The lowest BCUT2D eigenvalue weighted by atomic mass is 10.2. The third-order valence-corrected chi connectivity index (χ3v) is 2.07. The lowest BCUT2D eigenvalue weighted by Crippen LogP contribution is -2.14. The summed E-state index contributed by atoms with van der Waals surface area (Å²) in [5.74, 6) is -0.380. The zero-order valence-electron chi connectivity index (χ0n) is 8.48. The third kappa shape index (κ3) is 1.75. The molecule has 16 heavy (non-hydrogen) atoms. The molecule has 2 rings (SSSR count). The summed E-state index contributed by atoms with van der Waals surface area (Å²) in [7, 11) is 0. The fourth-order valence-corrected chi connectivity index (χ4v) is 1.40. The molecule has 0 radical (unpaired) electrons. The predicted molar refractivity (Wildman–Crippen MR) is 58.5 cm³/mol. The van der Waals surface area contributed by atoms with Crippen LogP contribution in [0.15, 0.2) is 33.5 Å². The van der Waals surface area contributed by atoms with Crippen molar-refractivity contribution in [2.75, 3.05) is 5.32 Å². The van der Waals surface area contributed by atoms with Crippen molar-refractivity contribution < 1.29 is 14.3 Å². The Bertz CT molecular complexity index is 615. The molecule has 0 aliphatic carbocycles. The molecule has 1 heterocycles. The molecule has 1 aromatic carbocycles. The van der Waals surface area contributed by atoms with Crippen molar-refractivity contribution in [3.63, 3.8) is 0 Å². The first-order chi connectivity index (χ1) is 7.58. The van der Waals surface area contributed by atoms with Crippen molar-refractivity contribution in [3.05, 3.63) is 34.7 Å². The van der Waals surface area contributed by atoms with Crippen LogP contribution in [0.4, 0.5) is 5.69 Å². The van der Waals surface area contributed by atoms with Crippen LogP contribution in [0.1, 0.15) is 6.92 Å². The largest absolute Gasteiger partial charge is 0.507 e. The van der Waals surface area contributed by atoms with Gasteiger partial charge >= 0.3 is 5.63 Å². The van der Waals surface area contributed by atoms with E-state index in [1.54, 1.807) is 12.1 Å². The van der Waals surface area contributed by atoms with Gasteiger partial charge in [0.1, 0.15) is 17.0 Å². The Morgan fingerprint density at radius 2 is 2.19 bits per heavy atom. The fourth-order valence-electron chi connectivity index (χ4n) is 1.40. The molecule has 0 saturated carbocycles. The first kappa shape index (κ1) is 10.2. The normalized spacial score (nSPS) is 10.3. The molecule has 0 spiro atoms. The smallest absolute Gasteiger partial charge is 0.360 e. The zero-order chi connectivity index (χ0) is 11.7. The van der Waals surface area contributed by atoms with Crippen molar-refractivity contribution in [2.45, 2.75) is 6.92 Å². The second-order valence-corrected chi connectivity index (χ2v) is 3.32. The molecular formula is C11H9NO4. The Labute approximate surface area is 90.3 Å². The number of hydrogen-bond acceptors (Lipinski definition) is 4. The maximum atomic E-state index is 11.4. The van der Waals surface area contributed by atoms with Gasteiger partial charge in [0.25, 0.3) is 0 Å². The highest BCUT2D eigenvalue weighted by Gasteiger charge is 2.08. The number of fused-ring (bicyclic) bond motifs is 1. The molecule has 0 atom stereocenters. The highest BCUT2D eigenvalue weighted by Crippen LogP contribution is 2.24. The lowest BCUT2D eigenvalue weighted by Gasteiger charge is -2.03. The second kappa shape index (κ2) is 3.69. The Morgan fingerprint density at radius 1 is 1.44 bits per heavy atom. The quantitative estimate of drug-likeness (QED) is 0.711. The minimum Gasteiger partial charge on any atom is -0.507 e. The number of benzene rings is 1. The monoisotopic (exact) mass is 219 g/mol. The number of phenols is 1. The second-order valence-electron chi connectivity index (χ2n) is 3.32. The number of nitrogens with one attached hydrogen (secondary N) is 1. The van der Waals surface area contributed by atoms with Gasteiger partial charge in [-0.25, -0.2) is 4.79 Å². The minimum atomic E-state index is -0.645. The van der Waals surface area contributed by atoms with E-state index >= 15 is 0 Å². The van der Waals surface area contributed by atoms with Crippen LogP contribution in [0, 0.1) is 0 Å². The van der Waals surface area contributed by atoms with Crippen molar-refractivity contribution in [1.82, 2.24) is 0 Å². The van der Waals surface area contributed by atoms with E-state index in [1.165, 1.54) is 19.1 Å². The van der Waals surface area contributed by atoms with E-state index in [1.807, 2.05) is 0 Å². The summed E-state index contributed by atoms with van der Waals surface area (Å²) in [6.07, 6.45) is 0. The van der Waals surface area contributed by atoms with Crippen LogP contribution in [0.3, 0.4) is 0 Å². The summed E-state index contributed by atoms with van der Waals surface area (Å²) >= 11 is 0. The van der Waals surface area contributed by atoms with Gasteiger partial charge in [-0.2, -0.15) is 0 Å². The Balaban J connectivity index is 2.69. The van der Waals surface area contributed by atoms with Gasteiger partial charge < -0.3 is 14.8 Å². The summed E-state index contributed by atoms with van der Waals surface area (Å²) in [5, 5.41) is 12.3. The average Bonchev–Trinajstić information content (AvgIpc) is 2.20. The van der Waals surface area contributed by atoms with E-state index in [0.29, 0.717) is 5.39 Å². The van der Waals surface area contributed by atoms with E-state index < -0.39 is 5.63 Å². The number of carbonyl (C=O) groups excluding carboxylic acids is 1. The molecule has 2 N–H and O–H groups in total. The molecule has 0 bridgehead atoms. The highest BCUT2D eigenvalue weighted by molar-refractivity contribution is 5.92. The molecule has 1 aromatic heterocycles. The van der Waals surface area contributed by atoms with Crippen LogP contribution in [0.5, 0.6) is 5.75 Å². The Morgan fingerprint density at radius 3 is 2.88 bits per heavy atom. The van der Waals surface area contributed by atoms with Crippen LogP contribution >= 0.6 is 0 Å². The highest BCUT2D eigenvalue weighted by atomic mass is 16.4. The average molecular weight is 219 g/mol. The molecule has 0 saturated heterocycles. The molecule has 0 aliphatic heterocycles. The fraction of sp³-hybridized carbons (Fsp3) is 0.0909. The number of amides is 1. The summed E-state index contributed by atoms with van der Waals surface area (Å²) in [6, 6.07) is 5.99. The number of rotatable bonds is 1. The SMILES string of the molecule is CC(=O)Nc1cc2c(O)cccc2oc1=O. The van der Waals surface area contributed by atoms with E-state index in [4.69, 9.17) is 4.42 Å². The number of hydrogen-bond donors (Lipinski definition) is 2. The lowest BCUT2D eigenvalue weighted by molar-refractivity contribution is -0.114. The molecule has 1 amide bonds.